The fraction of sp³-hybridized carbons (Fsp3) is 0.643. The second-order valence-electron chi connectivity index (χ2n) is 5.56. The maximum atomic E-state index is 11.8. The van der Waals surface area contributed by atoms with E-state index in [4.69, 9.17) is 9.47 Å². The van der Waals surface area contributed by atoms with E-state index in [0.717, 1.165) is 27.0 Å². The number of hydrogen-bond acceptors (Lipinski definition) is 4. The minimum absolute atomic E-state index is 0.332. The van der Waals surface area contributed by atoms with Gasteiger partial charge in [-0.2, -0.15) is 0 Å². The highest BCUT2D eigenvalue weighted by molar-refractivity contribution is 14.1. The van der Waals surface area contributed by atoms with Gasteiger partial charge in [0.15, 0.2) is 6.10 Å². The molecule has 1 atom stereocenters. The van der Waals surface area contributed by atoms with Gasteiger partial charge in [0.25, 0.3) is 0 Å². The van der Waals surface area contributed by atoms with Crippen molar-refractivity contribution in [3.63, 3.8) is 0 Å². The molecule has 0 aromatic heterocycles. The van der Waals surface area contributed by atoms with Crippen molar-refractivity contribution in [1.82, 2.24) is 5.32 Å². The van der Waals surface area contributed by atoms with Crippen LogP contribution in [0.4, 0.5) is 4.79 Å². The van der Waals surface area contributed by atoms with E-state index in [0.29, 0.717) is 0 Å². The zero-order chi connectivity index (χ0) is 14.8. The van der Waals surface area contributed by atoms with Crippen LogP contribution in [0.3, 0.4) is 0 Å². The molecule has 1 aliphatic heterocycles. The first-order valence-corrected chi connectivity index (χ1v) is 7.46. The molecular weight excluding hydrogens is 357 g/mol. The van der Waals surface area contributed by atoms with Gasteiger partial charge in [0.05, 0.1) is 3.58 Å². The van der Waals surface area contributed by atoms with Crippen LogP contribution in [0.15, 0.2) is 20.5 Å². The molecule has 1 unspecified atom stereocenters. The van der Waals surface area contributed by atoms with E-state index in [1.54, 1.807) is 0 Å². The Balaban J connectivity index is 2.89. The molecule has 1 rings (SSSR count). The monoisotopic (exact) mass is 379 g/mol. The van der Waals surface area contributed by atoms with Gasteiger partial charge in [-0.15, -0.1) is 0 Å². The predicted octanol–water partition coefficient (Wildman–Crippen LogP) is 4.26. The summed E-state index contributed by atoms with van der Waals surface area (Å²) in [6, 6.07) is 0. The lowest BCUT2D eigenvalue weighted by Gasteiger charge is -2.29. The van der Waals surface area contributed by atoms with Gasteiger partial charge >= 0.3 is 6.16 Å². The molecular formula is C14H22INO3. The van der Waals surface area contributed by atoms with E-state index >= 15 is 0 Å². The van der Waals surface area contributed by atoms with Crippen molar-refractivity contribution in [2.75, 3.05) is 0 Å². The van der Waals surface area contributed by atoms with Gasteiger partial charge in [0.2, 0.25) is 0 Å². The second kappa shape index (κ2) is 6.15. The minimum atomic E-state index is -0.625. The summed E-state index contributed by atoms with van der Waals surface area (Å²) in [5.41, 5.74) is 2.61. The molecule has 1 aliphatic rings. The summed E-state index contributed by atoms with van der Waals surface area (Å²) in [5.74, 6) is 0. The third-order valence-corrected chi connectivity index (χ3v) is 4.12. The van der Waals surface area contributed by atoms with Crippen LogP contribution in [0.2, 0.25) is 0 Å². The van der Waals surface area contributed by atoms with Crippen molar-refractivity contribution in [2.24, 2.45) is 0 Å². The molecule has 4 nitrogen and oxygen atoms in total. The average Bonchev–Trinajstić information content (AvgIpc) is 2.23. The summed E-state index contributed by atoms with van der Waals surface area (Å²) < 4.78 is 11.7. The lowest BCUT2D eigenvalue weighted by atomic mass is 10.0. The summed E-state index contributed by atoms with van der Waals surface area (Å²) in [6.07, 6.45) is -0.131. The molecule has 0 fully saturated rings. The SMILES string of the molecule is CCC1=C(C)NC(C)=C(I)C1OC(=O)OC(C)(C)C. The summed E-state index contributed by atoms with van der Waals surface area (Å²) in [4.78, 5) is 11.8. The Morgan fingerprint density at radius 2 is 1.89 bits per heavy atom. The normalized spacial score (nSPS) is 20.3. The number of halogens is 1. The maximum Gasteiger partial charge on any atom is 0.509 e. The van der Waals surface area contributed by atoms with Gasteiger partial charge in [-0.3, -0.25) is 0 Å². The predicted molar refractivity (Wildman–Crippen MR) is 84.0 cm³/mol. The standard InChI is InChI=1S/C14H22INO3/c1-7-10-8(2)16-9(3)11(15)12(10)18-13(17)19-14(4,5)6/h12,16H,7H2,1-6H3. The molecule has 5 heteroatoms. The summed E-state index contributed by atoms with van der Waals surface area (Å²) in [6.45, 7) is 11.5. The van der Waals surface area contributed by atoms with Gasteiger partial charge in [-0.25, -0.2) is 4.79 Å². The molecule has 108 valence electrons. The maximum absolute atomic E-state index is 11.8. The number of allylic oxidation sites excluding steroid dienone is 2. The Morgan fingerprint density at radius 1 is 1.32 bits per heavy atom. The van der Waals surface area contributed by atoms with Crippen LogP contribution in [0.1, 0.15) is 48.0 Å². The number of hydrogen-bond donors (Lipinski definition) is 1. The number of carbonyl (C=O) groups is 1. The Labute approximate surface area is 128 Å². The molecule has 0 amide bonds. The highest BCUT2D eigenvalue weighted by atomic mass is 127. The number of dihydropyridines is 1. The van der Waals surface area contributed by atoms with Gasteiger partial charge in [-0.1, -0.05) is 6.92 Å². The Hall–Kier alpha value is -0.720. The summed E-state index contributed by atoms with van der Waals surface area (Å²) in [5, 5.41) is 3.30. The van der Waals surface area contributed by atoms with Gasteiger partial charge in [0.1, 0.15) is 5.60 Å². The molecule has 0 aromatic carbocycles. The highest BCUT2D eigenvalue weighted by Gasteiger charge is 2.30. The van der Waals surface area contributed by atoms with Crippen LogP contribution in [-0.2, 0) is 9.47 Å². The van der Waals surface area contributed by atoms with Gasteiger partial charge < -0.3 is 14.8 Å². The zero-order valence-corrected chi connectivity index (χ0v) is 14.5. The molecule has 0 saturated heterocycles. The largest absolute Gasteiger partial charge is 0.509 e. The first kappa shape index (κ1) is 16.3. The van der Waals surface area contributed by atoms with Crippen molar-refractivity contribution in [2.45, 2.75) is 59.7 Å². The van der Waals surface area contributed by atoms with Crippen LogP contribution in [0, 0.1) is 0 Å². The molecule has 0 aromatic rings. The Kier molecular flexibility index (Phi) is 5.29. The Morgan fingerprint density at radius 3 is 2.37 bits per heavy atom. The molecule has 0 aliphatic carbocycles. The van der Waals surface area contributed by atoms with E-state index in [-0.39, 0.29) is 6.10 Å². The number of carbonyl (C=O) groups excluding carboxylic acids is 1. The number of ether oxygens (including phenoxy) is 2. The smallest absolute Gasteiger partial charge is 0.429 e. The second-order valence-corrected chi connectivity index (χ2v) is 6.73. The first-order chi connectivity index (χ1) is 8.65. The molecule has 1 heterocycles. The molecule has 0 saturated carbocycles. The van der Waals surface area contributed by atoms with Crippen molar-refractivity contribution in [3.05, 3.63) is 20.5 Å². The van der Waals surface area contributed by atoms with Crippen LogP contribution >= 0.6 is 22.6 Å². The van der Waals surface area contributed by atoms with Crippen LogP contribution in [-0.4, -0.2) is 17.9 Å². The van der Waals surface area contributed by atoms with Gasteiger partial charge in [0, 0.05) is 11.4 Å². The van der Waals surface area contributed by atoms with Crippen molar-refractivity contribution < 1.29 is 14.3 Å². The fourth-order valence-electron chi connectivity index (χ4n) is 1.91. The molecule has 0 spiro atoms. The van der Waals surface area contributed by atoms with Crippen LogP contribution in [0.25, 0.3) is 0 Å². The molecule has 0 bridgehead atoms. The number of rotatable bonds is 2. The average molecular weight is 379 g/mol. The van der Waals surface area contributed by atoms with E-state index in [2.05, 4.69) is 34.8 Å². The fourth-order valence-corrected chi connectivity index (χ4v) is 2.55. The minimum Gasteiger partial charge on any atom is -0.429 e. The summed E-state index contributed by atoms with van der Waals surface area (Å²) >= 11 is 2.21. The zero-order valence-electron chi connectivity index (χ0n) is 12.4. The summed E-state index contributed by atoms with van der Waals surface area (Å²) in [7, 11) is 0. The van der Waals surface area contributed by atoms with E-state index in [1.807, 2.05) is 34.6 Å². The highest BCUT2D eigenvalue weighted by Crippen LogP contribution is 2.32. The lowest BCUT2D eigenvalue weighted by molar-refractivity contribution is -0.0142. The number of nitrogens with one attached hydrogen (secondary N) is 1. The van der Waals surface area contributed by atoms with E-state index in [9.17, 15) is 4.79 Å². The Bertz CT molecular complexity index is 432. The lowest BCUT2D eigenvalue weighted by Crippen LogP contribution is -2.33. The van der Waals surface area contributed by atoms with Gasteiger partial charge in [-0.05, 0) is 69.2 Å². The van der Waals surface area contributed by atoms with Crippen molar-refractivity contribution in [3.8, 4) is 0 Å². The van der Waals surface area contributed by atoms with Crippen molar-refractivity contribution in [1.29, 1.82) is 0 Å². The van der Waals surface area contributed by atoms with E-state index < -0.39 is 11.8 Å². The third-order valence-electron chi connectivity index (χ3n) is 2.75. The van der Waals surface area contributed by atoms with E-state index in [1.165, 1.54) is 0 Å². The van der Waals surface area contributed by atoms with Crippen molar-refractivity contribution >= 4 is 28.7 Å². The third kappa shape index (κ3) is 4.40. The molecule has 19 heavy (non-hydrogen) atoms. The molecule has 0 radical (unpaired) electrons. The first-order valence-electron chi connectivity index (χ1n) is 6.38. The quantitative estimate of drug-likeness (QED) is 0.575. The topological polar surface area (TPSA) is 47.6 Å². The van der Waals surface area contributed by atoms with Crippen LogP contribution in [0.5, 0.6) is 0 Å². The van der Waals surface area contributed by atoms with Crippen LogP contribution < -0.4 is 5.32 Å². The molecule has 1 N–H and O–H groups in total.